The molecule has 1 saturated heterocycles. The first-order valence-electron chi connectivity index (χ1n) is 12.7. The lowest BCUT2D eigenvalue weighted by Gasteiger charge is -2.31. The number of rotatable bonds is 6. The van der Waals surface area contributed by atoms with Crippen LogP contribution in [0.5, 0.6) is 0 Å². The molecule has 3 aromatic carbocycles. The fraction of sp³-hybridized carbons (Fsp3) is 0.345. The van der Waals surface area contributed by atoms with Crippen LogP contribution in [0, 0.1) is 5.92 Å². The van der Waals surface area contributed by atoms with Crippen LogP contribution >= 0.6 is 15.9 Å². The third-order valence-electron chi connectivity index (χ3n) is 6.53. The second-order valence-electron chi connectivity index (χ2n) is 10.6. The van der Waals surface area contributed by atoms with Gasteiger partial charge in [0.05, 0.1) is 9.79 Å². The minimum Gasteiger partial charge on any atom is -0.444 e. The molecule has 0 radical (unpaired) electrons. The maximum atomic E-state index is 13.2. The molecule has 0 atom stereocenters. The van der Waals surface area contributed by atoms with Gasteiger partial charge in [-0.3, -0.25) is 9.59 Å². The van der Waals surface area contributed by atoms with Gasteiger partial charge in [0.15, 0.2) is 5.78 Å². The van der Waals surface area contributed by atoms with Gasteiger partial charge < -0.3 is 15.0 Å². The van der Waals surface area contributed by atoms with Crippen LogP contribution in [0.4, 0.5) is 4.79 Å². The Bertz CT molecular complexity index is 1510. The molecule has 4 rings (SSSR count). The van der Waals surface area contributed by atoms with E-state index in [1.807, 2.05) is 18.2 Å². The lowest BCUT2D eigenvalue weighted by Crippen LogP contribution is -2.45. The molecule has 0 spiro atoms. The Hall–Kier alpha value is -3.24. The number of nitrogens with zero attached hydrogens (tertiary/aromatic N) is 1. The van der Waals surface area contributed by atoms with Gasteiger partial charge in [0.25, 0.3) is 0 Å². The summed E-state index contributed by atoms with van der Waals surface area (Å²) in [5, 5.41) is 4.21. The Morgan fingerprint density at radius 2 is 1.51 bits per heavy atom. The van der Waals surface area contributed by atoms with Gasteiger partial charge in [-0.2, -0.15) is 0 Å². The molecule has 0 saturated carbocycles. The van der Waals surface area contributed by atoms with Crippen LogP contribution in [0.3, 0.4) is 0 Å². The lowest BCUT2D eigenvalue weighted by atomic mass is 9.89. The third kappa shape index (κ3) is 7.05. The Balaban J connectivity index is 1.35. The van der Waals surface area contributed by atoms with Crippen molar-refractivity contribution in [3.05, 3.63) is 70.7 Å². The smallest absolute Gasteiger partial charge is 0.408 e. The van der Waals surface area contributed by atoms with Crippen LogP contribution < -0.4 is 5.32 Å². The summed E-state index contributed by atoms with van der Waals surface area (Å²) in [5.74, 6) is -0.577. The van der Waals surface area contributed by atoms with Crippen molar-refractivity contribution < 1.29 is 27.5 Å². The van der Waals surface area contributed by atoms with Crippen molar-refractivity contribution in [1.82, 2.24) is 10.2 Å². The normalized spacial score (nSPS) is 14.7. The van der Waals surface area contributed by atoms with E-state index in [4.69, 9.17) is 4.74 Å². The minimum atomic E-state index is -3.75. The van der Waals surface area contributed by atoms with Crippen molar-refractivity contribution >= 4 is 54.3 Å². The average molecular weight is 616 g/mol. The molecule has 0 aromatic heterocycles. The van der Waals surface area contributed by atoms with Gasteiger partial charge >= 0.3 is 6.09 Å². The molecule has 3 aromatic rings. The van der Waals surface area contributed by atoms with Gasteiger partial charge in [-0.15, -0.1) is 0 Å². The first kappa shape index (κ1) is 28.8. The molecule has 1 N–H and O–H groups in total. The molecule has 1 aliphatic rings. The summed E-state index contributed by atoms with van der Waals surface area (Å²) in [6, 6.07) is 16.7. The second kappa shape index (κ2) is 11.5. The molecular weight excluding hydrogens is 584 g/mol. The molecule has 0 unspecified atom stereocenters. The maximum absolute atomic E-state index is 13.2. The van der Waals surface area contributed by atoms with E-state index >= 15 is 0 Å². The van der Waals surface area contributed by atoms with Gasteiger partial charge in [-0.1, -0.05) is 40.2 Å². The van der Waals surface area contributed by atoms with E-state index in [1.54, 1.807) is 56.0 Å². The predicted octanol–water partition coefficient (Wildman–Crippen LogP) is 5.38. The zero-order chi connectivity index (χ0) is 28.4. The van der Waals surface area contributed by atoms with Crippen LogP contribution in [0.25, 0.3) is 10.8 Å². The summed E-state index contributed by atoms with van der Waals surface area (Å²) in [4.78, 5) is 39.3. The SMILES string of the molecule is CC(C)(C)OC(=O)NCC(=O)N1CCC(C(=O)c2ccc(S(=O)(=O)c3ccc4cc(Br)ccc4c3)cc2)CC1. The number of hydrogen-bond acceptors (Lipinski definition) is 6. The predicted molar refractivity (Wildman–Crippen MR) is 151 cm³/mol. The number of hydrogen-bond donors (Lipinski definition) is 1. The van der Waals surface area contributed by atoms with Crippen LogP contribution in [0.1, 0.15) is 44.0 Å². The Kier molecular flexibility index (Phi) is 8.46. The van der Waals surface area contributed by atoms with Crippen molar-refractivity contribution in [3.63, 3.8) is 0 Å². The molecule has 10 heteroatoms. The summed E-state index contributed by atoms with van der Waals surface area (Å²) < 4.78 is 32.5. The van der Waals surface area contributed by atoms with Crippen LogP contribution in [-0.4, -0.2) is 56.3 Å². The molecule has 206 valence electrons. The van der Waals surface area contributed by atoms with Gasteiger partial charge in [0.1, 0.15) is 12.1 Å². The Morgan fingerprint density at radius 1 is 0.923 bits per heavy atom. The number of amides is 2. The quantitative estimate of drug-likeness (QED) is 0.373. The average Bonchev–Trinajstić information content (AvgIpc) is 2.90. The number of fused-ring (bicyclic) bond motifs is 1. The number of carbonyl (C=O) groups is 3. The molecule has 0 aliphatic carbocycles. The number of carbonyl (C=O) groups excluding carboxylic acids is 3. The number of piperidine rings is 1. The highest BCUT2D eigenvalue weighted by molar-refractivity contribution is 9.10. The number of ketones is 1. The van der Waals surface area contributed by atoms with Crippen LogP contribution in [-0.2, 0) is 19.4 Å². The monoisotopic (exact) mass is 614 g/mol. The number of ether oxygens (including phenoxy) is 1. The van der Waals surface area contributed by atoms with Crippen molar-refractivity contribution in [3.8, 4) is 0 Å². The summed E-state index contributed by atoms with van der Waals surface area (Å²) in [7, 11) is -3.75. The fourth-order valence-electron chi connectivity index (χ4n) is 4.50. The van der Waals surface area contributed by atoms with E-state index in [2.05, 4.69) is 21.2 Å². The van der Waals surface area contributed by atoms with Gasteiger partial charge in [-0.05, 0) is 80.8 Å². The van der Waals surface area contributed by atoms with E-state index in [9.17, 15) is 22.8 Å². The van der Waals surface area contributed by atoms with Gasteiger partial charge in [0, 0.05) is 29.0 Å². The number of Topliss-reactive ketones (excluding diaryl/α,β-unsaturated/α-hetero) is 1. The highest BCUT2D eigenvalue weighted by Gasteiger charge is 2.29. The fourth-order valence-corrected chi connectivity index (χ4v) is 6.17. The highest BCUT2D eigenvalue weighted by atomic mass is 79.9. The van der Waals surface area contributed by atoms with Crippen molar-refractivity contribution in [2.45, 2.75) is 49.0 Å². The first-order valence-corrected chi connectivity index (χ1v) is 14.9. The molecule has 1 heterocycles. The van der Waals surface area contributed by atoms with E-state index in [-0.39, 0.29) is 33.9 Å². The molecule has 0 bridgehead atoms. The number of nitrogens with one attached hydrogen (secondary N) is 1. The summed E-state index contributed by atoms with van der Waals surface area (Å²) in [5.41, 5.74) is -0.212. The van der Waals surface area contributed by atoms with Crippen molar-refractivity contribution in [2.75, 3.05) is 19.6 Å². The number of benzene rings is 3. The molecule has 2 amide bonds. The molecule has 1 aliphatic heterocycles. The zero-order valence-electron chi connectivity index (χ0n) is 22.1. The first-order chi connectivity index (χ1) is 18.3. The minimum absolute atomic E-state index is 0.0748. The molecule has 39 heavy (non-hydrogen) atoms. The van der Waals surface area contributed by atoms with Gasteiger partial charge in [-0.25, -0.2) is 13.2 Å². The zero-order valence-corrected chi connectivity index (χ0v) is 24.5. The largest absolute Gasteiger partial charge is 0.444 e. The van der Waals surface area contributed by atoms with Gasteiger partial charge in [0.2, 0.25) is 15.7 Å². The molecule has 8 nitrogen and oxygen atoms in total. The van der Waals surface area contributed by atoms with E-state index < -0.39 is 21.5 Å². The van der Waals surface area contributed by atoms with Crippen molar-refractivity contribution in [2.24, 2.45) is 5.92 Å². The summed E-state index contributed by atoms with van der Waals surface area (Å²) in [6.45, 7) is 5.86. The number of sulfone groups is 1. The topological polar surface area (TPSA) is 110 Å². The van der Waals surface area contributed by atoms with E-state index in [0.717, 1.165) is 15.2 Å². The van der Waals surface area contributed by atoms with Crippen molar-refractivity contribution in [1.29, 1.82) is 0 Å². The lowest BCUT2D eigenvalue weighted by molar-refractivity contribution is -0.131. The highest BCUT2D eigenvalue weighted by Crippen LogP contribution is 2.28. The van der Waals surface area contributed by atoms with E-state index in [1.165, 1.54) is 12.1 Å². The Labute approximate surface area is 236 Å². The number of halogens is 1. The van der Waals surface area contributed by atoms with Crippen LogP contribution in [0.15, 0.2) is 74.9 Å². The second-order valence-corrected chi connectivity index (χ2v) is 13.4. The standard InChI is InChI=1S/C29H31BrN2O6S/c1-29(2,3)38-28(35)31-18-26(33)32-14-12-20(13-15-32)27(34)19-5-9-24(10-6-19)39(36,37)25-11-7-21-16-23(30)8-4-22(21)17-25/h4-11,16-17,20H,12-15,18H2,1-3H3,(H,31,35). The van der Waals surface area contributed by atoms with E-state index in [0.29, 0.717) is 31.5 Å². The molecule has 1 fully saturated rings. The third-order valence-corrected chi connectivity index (χ3v) is 8.80. The number of likely N-dealkylation sites (tertiary alicyclic amines) is 1. The molecular formula is C29H31BrN2O6S. The summed E-state index contributed by atoms with van der Waals surface area (Å²) in [6.07, 6.45) is 0.328. The number of alkyl carbamates (subject to hydrolysis) is 1. The maximum Gasteiger partial charge on any atom is 0.408 e. The Morgan fingerprint density at radius 3 is 2.15 bits per heavy atom. The van der Waals surface area contributed by atoms with Crippen LogP contribution in [0.2, 0.25) is 0 Å². The summed E-state index contributed by atoms with van der Waals surface area (Å²) >= 11 is 3.42.